The summed E-state index contributed by atoms with van der Waals surface area (Å²) < 4.78 is 32.3. The molecular weight excluding hydrogens is 282 g/mol. The normalized spacial score (nSPS) is 21.6. The first-order valence-corrected chi connectivity index (χ1v) is 7.77. The SMILES string of the molecule is COc1c(C2CCC(c3ccccc3)CC2)ccc(F)c1F. The van der Waals surface area contributed by atoms with Gasteiger partial charge in [-0.05, 0) is 49.1 Å². The van der Waals surface area contributed by atoms with Gasteiger partial charge in [0.05, 0.1) is 7.11 Å². The fourth-order valence-electron chi connectivity index (χ4n) is 3.54. The summed E-state index contributed by atoms with van der Waals surface area (Å²) in [6, 6.07) is 13.4. The van der Waals surface area contributed by atoms with Gasteiger partial charge in [-0.3, -0.25) is 0 Å². The Bertz CT molecular complexity index is 631. The molecule has 0 heterocycles. The molecule has 1 aliphatic carbocycles. The van der Waals surface area contributed by atoms with E-state index in [9.17, 15) is 8.78 Å². The van der Waals surface area contributed by atoms with Crippen LogP contribution in [0.2, 0.25) is 0 Å². The minimum Gasteiger partial charge on any atom is -0.493 e. The molecule has 0 amide bonds. The number of halogens is 2. The Morgan fingerprint density at radius 2 is 1.50 bits per heavy atom. The third-order valence-electron chi connectivity index (χ3n) is 4.72. The summed E-state index contributed by atoms with van der Waals surface area (Å²) in [5.74, 6) is -0.842. The summed E-state index contributed by atoms with van der Waals surface area (Å²) in [7, 11) is 1.40. The van der Waals surface area contributed by atoms with Gasteiger partial charge in [0.2, 0.25) is 5.82 Å². The van der Waals surface area contributed by atoms with E-state index in [1.807, 2.05) is 6.07 Å². The van der Waals surface area contributed by atoms with E-state index in [1.165, 1.54) is 18.7 Å². The number of methoxy groups -OCH3 is 1. The molecule has 0 N–H and O–H groups in total. The molecular formula is C19H20F2O. The predicted molar refractivity (Wildman–Crippen MR) is 83.3 cm³/mol. The average Bonchev–Trinajstić information content (AvgIpc) is 2.58. The number of benzene rings is 2. The highest BCUT2D eigenvalue weighted by molar-refractivity contribution is 5.39. The molecule has 1 aliphatic rings. The van der Waals surface area contributed by atoms with E-state index in [0.717, 1.165) is 31.2 Å². The molecule has 0 aliphatic heterocycles. The van der Waals surface area contributed by atoms with Crippen molar-refractivity contribution in [2.24, 2.45) is 0 Å². The van der Waals surface area contributed by atoms with Gasteiger partial charge in [0.15, 0.2) is 11.6 Å². The van der Waals surface area contributed by atoms with Gasteiger partial charge in [0.25, 0.3) is 0 Å². The van der Waals surface area contributed by atoms with Gasteiger partial charge in [0, 0.05) is 5.56 Å². The van der Waals surface area contributed by atoms with Crippen LogP contribution in [-0.4, -0.2) is 7.11 Å². The van der Waals surface area contributed by atoms with Crippen LogP contribution in [0.4, 0.5) is 8.78 Å². The molecule has 3 rings (SSSR count). The highest BCUT2D eigenvalue weighted by atomic mass is 19.2. The van der Waals surface area contributed by atoms with Crippen molar-refractivity contribution >= 4 is 0 Å². The zero-order chi connectivity index (χ0) is 15.5. The maximum absolute atomic E-state index is 13.9. The molecule has 22 heavy (non-hydrogen) atoms. The maximum Gasteiger partial charge on any atom is 0.200 e. The standard InChI is InChI=1S/C19H20F2O/c1-22-19-16(11-12-17(20)18(19)21)15-9-7-14(8-10-15)13-5-3-2-4-6-13/h2-6,11-12,14-15H,7-10H2,1H3. The van der Waals surface area contributed by atoms with Gasteiger partial charge in [-0.25, -0.2) is 4.39 Å². The van der Waals surface area contributed by atoms with Crippen LogP contribution < -0.4 is 4.74 Å². The van der Waals surface area contributed by atoms with Gasteiger partial charge in [0.1, 0.15) is 0 Å². The van der Waals surface area contributed by atoms with Crippen molar-refractivity contribution in [2.45, 2.75) is 37.5 Å². The van der Waals surface area contributed by atoms with E-state index in [0.29, 0.717) is 5.92 Å². The van der Waals surface area contributed by atoms with E-state index in [2.05, 4.69) is 24.3 Å². The second-order valence-electron chi connectivity index (χ2n) is 5.94. The van der Waals surface area contributed by atoms with Crippen molar-refractivity contribution in [1.82, 2.24) is 0 Å². The first-order chi connectivity index (χ1) is 10.7. The minimum atomic E-state index is -0.870. The highest BCUT2D eigenvalue weighted by Crippen LogP contribution is 2.43. The first-order valence-electron chi connectivity index (χ1n) is 7.77. The molecule has 2 aromatic rings. The van der Waals surface area contributed by atoms with Crippen LogP contribution in [0.1, 0.15) is 48.6 Å². The Morgan fingerprint density at radius 1 is 0.864 bits per heavy atom. The molecule has 0 saturated heterocycles. The van der Waals surface area contributed by atoms with E-state index in [4.69, 9.17) is 4.74 Å². The molecule has 0 atom stereocenters. The zero-order valence-electron chi connectivity index (χ0n) is 12.7. The Morgan fingerprint density at radius 3 is 2.14 bits per heavy atom. The number of hydrogen-bond donors (Lipinski definition) is 0. The second-order valence-corrected chi connectivity index (χ2v) is 5.94. The highest BCUT2D eigenvalue weighted by Gasteiger charge is 2.27. The van der Waals surface area contributed by atoms with Crippen LogP contribution in [0.5, 0.6) is 5.75 Å². The summed E-state index contributed by atoms with van der Waals surface area (Å²) in [5.41, 5.74) is 2.17. The molecule has 0 spiro atoms. The van der Waals surface area contributed by atoms with E-state index in [1.54, 1.807) is 6.07 Å². The van der Waals surface area contributed by atoms with Crippen LogP contribution in [0.3, 0.4) is 0 Å². The molecule has 2 aromatic carbocycles. The lowest BCUT2D eigenvalue weighted by molar-refractivity contribution is 0.345. The zero-order valence-corrected chi connectivity index (χ0v) is 12.7. The fraction of sp³-hybridized carbons (Fsp3) is 0.368. The van der Waals surface area contributed by atoms with Crippen LogP contribution in [0.25, 0.3) is 0 Å². The molecule has 3 heteroatoms. The van der Waals surface area contributed by atoms with Crippen molar-refractivity contribution in [2.75, 3.05) is 7.11 Å². The molecule has 1 saturated carbocycles. The first kappa shape index (κ1) is 15.0. The van der Waals surface area contributed by atoms with E-state index < -0.39 is 11.6 Å². The van der Waals surface area contributed by atoms with E-state index >= 15 is 0 Å². The van der Waals surface area contributed by atoms with Crippen molar-refractivity contribution < 1.29 is 13.5 Å². The molecule has 0 bridgehead atoms. The third kappa shape index (κ3) is 2.85. The molecule has 0 radical (unpaired) electrons. The van der Waals surface area contributed by atoms with Crippen molar-refractivity contribution in [3.63, 3.8) is 0 Å². The number of ether oxygens (including phenoxy) is 1. The van der Waals surface area contributed by atoms with Crippen LogP contribution >= 0.6 is 0 Å². The van der Waals surface area contributed by atoms with Gasteiger partial charge >= 0.3 is 0 Å². The Hall–Kier alpha value is -1.90. The smallest absolute Gasteiger partial charge is 0.200 e. The van der Waals surface area contributed by atoms with Gasteiger partial charge in [-0.2, -0.15) is 4.39 Å². The third-order valence-corrected chi connectivity index (χ3v) is 4.72. The number of hydrogen-bond acceptors (Lipinski definition) is 1. The lowest BCUT2D eigenvalue weighted by Crippen LogP contribution is -2.13. The quantitative estimate of drug-likeness (QED) is 0.736. The molecule has 1 fully saturated rings. The molecule has 0 aromatic heterocycles. The molecule has 0 unspecified atom stereocenters. The van der Waals surface area contributed by atoms with Crippen molar-refractivity contribution in [3.8, 4) is 5.75 Å². The number of rotatable bonds is 3. The average molecular weight is 302 g/mol. The summed E-state index contributed by atoms with van der Waals surface area (Å²) in [6.45, 7) is 0. The lowest BCUT2D eigenvalue weighted by atomic mass is 9.76. The Labute approximate surface area is 129 Å². The fourth-order valence-corrected chi connectivity index (χ4v) is 3.54. The van der Waals surface area contributed by atoms with Crippen LogP contribution in [0.15, 0.2) is 42.5 Å². The van der Waals surface area contributed by atoms with Crippen LogP contribution in [0, 0.1) is 11.6 Å². The van der Waals surface area contributed by atoms with Gasteiger partial charge < -0.3 is 4.74 Å². The molecule has 116 valence electrons. The lowest BCUT2D eigenvalue weighted by Gasteiger charge is -2.30. The maximum atomic E-state index is 13.9. The van der Waals surface area contributed by atoms with E-state index in [-0.39, 0.29) is 11.7 Å². The van der Waals surface area contributed by atoms with Crippen molar-refractivity contribution in [3.05, 3.63) is 65.2 Å². The van der Waals surface area contributed by atoms with Crippen molar-refractivity contribution in [1.29, 1.82) is 0 Å². The Kier molecular flexibility index (Phi) is 4.41. The monoisotopic (exact) mass is 302 g/mol. The van der Waals surface area contributed by atoms with Gasteiger partial charge in [-0.15, -0.1) is 0 Å². The summed E-state index contributed by atoms with van der Waals surface area (Å²) in [5, 5.41) is 0. The topological polar surface area (TPSA) is 9.23 Å². The molecule has 1 nitrogen and oxygen atoms in total. The predicted octanol–water partition coefficient (Wildman–Crippen LogP) is 5.41. The second kappa shape index (κ2) is 6.47. The summed E-state index contributed by atoms with van der Waals surface area (Å²) in [4.78, 5) is 0. The largest absolute Gasteiger partial charge is 0.493 e. The summed E-state index contributed by atoms with van der Waals surface area (Å²) >= 11 is 0. The Balaban J connectivity index is 1.76. The summed E-state index contributed by atoms with van der Waals surface area (Å²) in [6.07, 6.45) is 4.08. The van der Waals surface area contributed by atoms with Gasteiger partial charge in [-0.1, -0.05) is 36.4 Å². The van der Waals surface area contributed by atoms with Crippen LogP contribution in [-0.2, 0) is 0 Å². The minimum absolute atomic E-state index is 0.0724.